The van der Waals surface area contributed by atoms with Crippen LogP contribution >= 0.6 is 11.6 Å². The van der Waals surface area contributed by atoms with E-state index in [9.17, 15) is 18.0 Å². The number of amides is 1. The maximum Gasteiger partial charge on any atom is 0.337 e. The fraction of sp³-hybridized carbons (Fsp3) is 0.167. The molecular weight excluding hydrogens is 464 g/mol. The van der Waals surface area contributed by atoms with Gasteiger partial charge in [0.25, 0.3) is 10.0 Å². The molecule has 3 aromatic carbocycles. The molecule has 0 bridgehead atoms. The van der Waals surface area contributed by atoms with Gasteiger partial charge in [-0.1, -0.05) is 35.9 Å². The van der Waals surface area contributed by atoms with Gasteiger partial charge in [-0.25, -0.2) is 13.2 Å². The van der Waals surface area contributed by atoms with E-state index < -0.39 is 28.4 Å². The van der Waals surface area contributed by atoms with E-state index in [0.29, 0.717) is 27.5 Å². The van der Waals surface area contributed by atoms with Crippen LogP contribution in [0.5, 0.6) is 0 Å². The molecule has 7 nitrogen and oxygen atoms in total. The number of anilines is 2. The predicted octanol–water partition coefficient (Wildman–Crippen LogP) is 4.58. The topological polar surface area (TPSA) is 92.8 Å². The van der Waals surface area contributed by atoms with Gasteiger partial charge in [0.1, 0.15) is 6.54 Å². The molecule has 0 saturated carbocycles. The van der Waals surface area contributed by atoms with Crippen LogP contribution in [0, 0.1) is 13.8 Å². The van der Waals surface area contributed by atoms with E-state index in [2.05, 4.69) is 5.32 Å². The molecule has 1 amide bonds. The number of esters is 1. The van der Waals surface area contributed by atoms with Gasteiger partial charge in [-0.2, -0.15) is 0 Å². The Labute approximate surface area is 198 Å². The predicted molar refractivity (Wildman–Crippen MR) is 128 cm³/mol. The van der Waals surface area contributed by atoms with Crippen molar-refractivity contribution >= 4 is 44.9 Å². The number of ether oxygens (including phenoxy) is 1. The lowest BCUT2D eigenvalue weighted by Crippen LogP contribution is -2.38. The van der Waals surface area contributed by atoms with Crippen molar-refractivity contribution in [2.75, 3.05) is 23.3 Å². The monoisotopic (exact) mass is 486 g/mol. The van der Waals surface area contributed by atoms with Gasteiger partial charge in [-0.3, -0.25) is 9.10 Å². The average Bonchev–Trinajstić information content (AvgIpc) is 2.79. The van der Waals surface area contributed by atoms with Crippen molar-refractivity contribution in [1.82, 2.24) is 0 Å². The normalized spacial score (nSPS) is 11.0. The molecule has 0 aliphatic rings. The number of benzene rings is 3. The van der Waals surface area contributed by atoms with Crippen LogP contribution in [0.15, 0.2) is 71.6 Å². The van der Waals surface area contributed by atoms with E-state index in [1.54, 1.807) is 50.2 Å². The summed E-state index contributed by atoms with van der Waals surface area (Å²) in [5.41, 5.74) is 2.42. The zero-order chi connectivity index (χ0) is 24.2. The summed E-state index contributed by atoms with van der Waals surface area (Å²) >= 11 is 5.91. The Kier molecular flexibility index (Phi) is 7.40. The first-order valence-electron chi connectivity index (χ1n) is 9.96. The van der Waals surface area contributed by atoms with Crippen molar-refractivity contribution in [2.45, 2.75) is 18.7 Å². The third-order valence-corrected chi connectivity index (χ3v) is 7.03. The quantitative estimate of drug-likeness (QED) is 0.493. The summed E-state index contributed by atoms with van der Waals surface area (Å²) in [5, 5.41) is 3.11. The van der Waals surface area contributed by atoms with E-state index in [1.165, 1.54) is 37.4 Å². The molecule has 1 N–H and O–H groups in total. The smallest absolute Gasteiger partial charge is 0.337 e. The average molecular weight is 487 g/mol. The molecule has 3 aromatic rings. The standard InChI is InChI=1S/C24H23ClN2O5S/c1-16-8-9-18(24(29)32-3)14-21(16)26-23(28)15-27(22-7-5-4-6-17(22)2)33(30,31)20-12-10-19(25)11-13-20/h4-14H,15H2,1-3H3,(H,26,28). The number of carbonyl (C=O) groups is 2. The number of hydrogen-bond donors (Lipinski definition) is 1. The minimum absolute atomic E-state index is 0.00632. The molecule has 0 atom stereocenters. The van der Waals surface area contributed by atoms with E-state index in [-0.39, 0.29) is 10.5 Å². The molecule has 0 saturated heterocycles. The Morgan fingerprint density at radius 3 is 2.27 bits per heavy atom. The van der Waals surface area contributed by atoms with Gasteiger partial charge < -0.3 is 10.1 Å². The molecule has 33 heavy (non-hydrogen) atoms. The number of nitrogens with zero attached hydrogens (tertiary/aromatic N) is 1. The zero-order valence-electron chi connectivity index (χ0n) is 18.3. The molecule has 9 heteroatoms. The van der Waals surface area contributed by atoms with Crippen LogP contribution in [0.2, 0.25) is 5.02 Å². The van der Waals surface area contributed by atoms with Crippen LogP contribution in [0.25, 0.3) is 0 Å². The van der Waals surface area contributed by atoms with Crippen LogP contribution in [0.3, 0.4) is 0 Å². The highest BCUT2D eigenvalue weighted by Gasteiger charge is 2.28. The Hall–Kier alpha value is -3.36. The second-order valence-corrected chi connectivity index (χ2v) is 9.62. The fourth-order valence-corrected chi connectivity index (χ4v) is 4.81. The fourth-order valence-electron chi connectivity index (χ4n) is 3.20. The minimum atomic E-state index is -4.08. The number of methoxy groups -OCH3 is 1. The number of rotatable bonds is 7. The summed E-state index contributed by atoms with van der Waals surface area (Å²) in [4.78, 5) is 24.8. The van der Waals surface area contributed by atoms with Crippen LogP contribution in [-0.4, -0.2) is 33.9 Å². The lowest BCUT2D eigenvalue weighted by Gasteiger charge is -2.25. The Bertz CT molecular complexity index is 1290. The number of hydrogen-bond acceptors (Lipinski definition) is 5. The summed E-state index contributed by atoms with van der Waals surface area (Å²) in [6.45, 7) is 3.06. The van der Waals surface area contributed by atoms with Crippen molar-refractivity contribution in [3.05, 3.63) is 88.4 Å². The second kappa shape index (κ2) is 10.1. The van der Waals surface area contributed by atoms with E-state index in [1.807, 2.05) is 0 Å². The molecule has 0 fully saturated rings. The molecule has 0 aliphatic carbocycles. The number of aryl methyl sites for hydroxylation is 2. The van der Waals surface area contributed by atoms with E-state index >= 15 is 0 Å². The Morgan fingerprint density at radius 1 is 0.970 bits per heavy atom. The third-order valence-electron chi connectivity index (χ3n) is 5.01. The number of halogens is 1. The van der Waals surface area contributed by atoms with E-state index in [0.717, 1.165) is 4.31 Å². The van der Waals surface area contributed by atoms with E-state index in [4.69, 9.17) is 16.3 Å². The number of para-hydroxylation sites is 1. The maximum atomic E-state index is 13.5. The summed E-state index contributed by atoms with van der Waals surface area (Å²) in [6.07, 6.45) is 0. The summed E-state index contributed by atoms with van der Waals surface area (Å²) < 4.78 is 32.7. The van der Waals surface area contributed by atoms with Gasteiger partial charge in [0, 0.05) is 10.7 Å². The van der Waals surface area contributed by atoms with Crippen molar-refractivity contribution in [3.8, 4) is 0 Å². The molecule has 0 aromatic heterocycles. The van der Waals surface area contributed by atoms with Gasteiger partial charge in [-0.05, 0) is 67.4 Å². The van der Waals surface area contributed by atoms with Crippen LogP contribution in [0.4, 0.5) is 11.4 Å². The number of sulfonamides is 1. The second-order valence-electron chi connectivity index (χ2n) is 7.32. The molecule has 0 radical (unpaired) electrons. The highest BCUT2D eigenvalue weighted by Crippen LogP contribution is 2.27. The lowest BCUT2D eigenvalue weighted by atomic mass is 10.1. The van der Waals surface area contributed by atoms with Crippen molar-refractivity contribution < 1.29 is 22.7 Å². The van der Waals surface area contributed by atoms with Gasteiger partial charge in [0.15, 0.2) is 0 Å². The van der Waals surface area contributed by atoms with Crippen LogP contribution < -0.4 is 9.62 Å². The molecule has 172 valence electrons. The van der Waals surface area contributed by atoms with Crippen molar-refractivity contribution in [1.29, 1.82) is 0 Å². The number of carbonyl (C=O) groups excluding carboxylic acids is 2. The third kappa shape index (κ3) is 5.53. The van der Waals surface area contributed by atoms with Gasteiger partial charge in [0.2, 0.25) is 5.91 Å². The minimum Gasteiger partial charge on any atom is -0.465 e. The largest absolute Gasteiger partial charge is 0.465 e. The summed E-state index contributed by atoms with van der Waals surface area (Å²) in [6, 6.07) is 17.4. The lowest BCUT2D eigenvalue weighted by molar-refractivity contribution is -0.114. The first-order valence-corrected chi connectivity index (χ1v) is 11.8. The van der Waals surface area contributed by atoms with Gasteiger partial charge in [0.05, 0.1) is 23.3 Å². The number of nitrogens with one attached hydrogen (secondary N) is 1. The molecule has 0 unspecified atom stereocenters. The first-order chi connectivity index (χ1) is 15.6. The molecular formula is C24H23ClN2O5S. The summed E-state index contributed by atoms with van der Waals surface area (Å²) in [7, 11) is -2.81. The molecule has 0 heterocycles. The SMILES string of the molecule is COC(=O)c1ccc(C)c(NC(=O)CN(c2ccccc2C)S(=O)(=O)c2ccc(Cl)cc2)c1. The van der Waals surface area contributed by atoms with Crippen molar-refractivity contribution in [3.63, 3.8) is 0 Å². The summed E-state index contributed by atoms with van der Waals surface area (Å²) in [5.74, 6) is -1.11. The Morgan fingerprint density at radius 2 is 1.64 bits per heavy atom. The molecule has 0 aliphatic heterocycles. The highest BCUT2D eigenvalue weighted by molar-refractivity contribution is 7.92. The van der Waals surface area contributed by atoms with Gasteiger partial charge in [-0.15, -0.1) is 0 Å². The Balaban J connectivity index is 1.96. The highest BCUT2D eigenvalue weighted by atomic mass is 35.5. The van der Waals surface area contributed by atoms with Crippen LogP contribution in [-0.2, 0) is 19.6 Å². The molecule has 0 spiro atoms. The first kappa shape index (κ1) is 24.3. The maximum absolute atomic E-state index is 13.5. The van der Waals surface area contributed by atoms with Gasteiger partial charge >= 0.3 is 5.97 Å². The molecule has 3 rings (SSSR count). The van der Waals surface area contributed by atoms with Crippen LogP contribution in [0.1, 0.15) is 21.5 Å². The zero-order valence-corrected chi connectivity index (χ0v) is 19.9. The van der Waals surface area contributed by atoms with Crippen molar-refractivity contribution in [2.24, 2.45) is 0 Å².